The molecule has 0 bridgehead atoms. The van der Waals surface area contributed by atoms with E-state index in [9.17, 15) is 8.78 Å². The zero-order valence-electron chi connectivity index (χ0n) is 9.96. The van der Waals surface area contributed by atoms with E-state index in [2.05, 4.69) is 4.98 Å². The van der Waals surface area contributed by atoms with Crippen molar-refractivity contribution in [2.24, 2.45) is 0 Å². The van der Waals surface area contributed by atoms with Crippen molar-refractivity contribution in [2.75, 3.05) is 30.3 Å². The zero-order valence-corrected chi connectivity index (χ0v) is 9.96. The Hall–Kier alpha value is -1.59. The van der Waals surface area contributed by atoms with Crippen molar-refractivity contribution < 1.29 is 13.5 Å². The highest BCUT2D eigenvalue weighted by Crippen LogP contribution is 2.37. The monoisotopic (exact) mass is 255 g/mol. The number of piperidine rings is 1. The summed E-state index contributed by atoms with van der Waals surface area (Å²) in [6, 6.07) is 1.70. The lowest BCUT2D eigenvalue weighted by Gasteiger charge is -2.33. The third kappa shape index (κ3) is 1.95. The van der Waals surface area contributed by atoms with E-state index in [1.165, 1.54) is 0 Å². The van der Waals surface area contributed by atoms with Gasteiger partial charge in [0.1, 0.15) is 17.4 Å². The second kappa shape index (κ2) is 3.96. The number of hydrogen-bond donors (Lipinski definition) is 1. The number of nitrogens with two attached hydrogens (primary N) is 1. The van der Waals surface area contributed by atoms with Crippen LogP contribution in [0.2, 0.25) is 0 Å². The Morgan fingerprint density at radius 2 is 2.06 bits per heavy atom. The minimum absolute atomic E-state index is 0.126. The van der Waals surface area contributed by atoms with Crippen LogP contribution < -0.4 is 15.4 Å². The van der Waals surface area contributed by atoms with E-state index >= 15 is 0 Å². The molecule has 0 spiro atoms. The molecule has 2 aliphatic rings. The second-order valence-electron chi connectivity index (χ2n) is 4.79. The molecule has 0 aliphatic carbocycles. The van der Waals surface area contributed by atoms with E-state index in [1.54, 1.807) is 6.07 Å². The minimum Gasteiger partial charge on any atom is -0.493 e. The number of ether oxygens (including phenoxy) is 1. The van der Waals surface area contributed by atoms with Gasteiger partial charge in [-0.05, 0) is 0 Å². The van der Waals surface area contributed by atoms with Crippen LogP contribution in [0.25, 0.3) is 0 Å². The van der Waals surface area contributed by atoms with Gasteiger partial charge in [0.2, 0.25) is 0 Å². The average molecular weight is 255 g/mol. The van der Waals surface area contributed by atoms with Crippen LogP contribution >= 0.6 is 0 Å². The van der Waals surface area contributed by atoms with Gasteiger partial charge in [0.25, 0.3) is 5.92 Å². The molecule has 0 amide bonds. The van der Waals surface area contributed by atoms with Crippen molar-refractivity contribution in [1.82, 2.24) is 4.98 Å². The molecule has 0 unspecified atom stereocenters. The summed E-state index contributed by atoms with van der Waals surface area (Å²) in [6.45, 7) is 1.24. The summed E-state index contributed by atoms with van der Waals surface area (Å²) in [5.74, 6) is -0.702. The van der Waals surface area contributed by atoms with Gasteiger partial charge in [0.15, 0.2) is 0 Å². The topological polar surface area (TPSA) is 51.4 Å². The van der Waals surface area contributed by atoms with Crippen LogP contribution in [-0.2, 0) is 6.42 Å². The Labute approximate surface area is 104 Å². The lowest BCUT2D eigenvalue weighted by Crippen LogP contribution is -2.40. The van der Waals surface area contributed by atoms with Crippen LogP contribution in [0.5, 0.6) is 5.75 Å². The van der Waals surface area contributed by atoms with E-state index in [-0.39, 0.29) is 12.8 Å². The van der Waals surface area contributed by atoms with Crippen molar-refractivity contribution in [1.29, 1.82) is 0 Å². The number of fused-ring (bicyclic) bond motifs is 1. The Balaban J connectivity index is 1.89. The van der Waals surface area contributed by atoms with E-state index in [0.29, 0.717) is 25.5 Å². The number of nitrogens with zero attached hydrogens (tertiary/aromatic N) is 2. The molecule has 2 aliphatic heterocycles. The quantitative estimate of drug-likeness (QED) is 0.831. The second-order valence-corrected chi connectivity index (χ2v) is 4.79. The summed E-state index contributed by atoms with van der Waals surface area (Å²) in [6.07, 6.45) is 0.517. The lowest BCUT2D eigenvalue weighted by molar-refractivity contribution is -0.0221. The van der Waals surface area contributed by atoms with Crippen LogP contribution in [0.4, 0.5) is 20.4 Å². The smallest absolute Gasteiger partial charge is 0.251 e. The molecule has 4 nitrogen and oxygen atoms in total. The third-order valence-electron chi connectivity index (χ3n) is 3.49. The molecule has 0 radical (unpaired) electrons. The number of aromatic nitrogens is 1. The van der Waals surface area contributed by atoms with Gasteiger partial charge in [-0.2, -0.15) is 0 Å². The van der Waals surface area contributed by atoms with Crippen molar-refractivity contribution >= 4 is 11.6 Å². The van der Waals surface area contributed by atoms with Gasteiger partial charge in [0.05, 0.1) is 6.61 Å². The highest BCUT2D eigenvalue weighted by Gasteiger charge is 2.35. The van der Waals surface area contributed by atoms with Crippen LogP contribution in [0, 0.1) is 0 Å². The summed E-state index contributed by atoms with van der Waals surface area (Å²) >= 11 is 0. The maximum Gasteiger partial charge on any atom is 0.251 e. The summed E-state index contributed by atoms with van der Waals surface area (Å²) in [5.41, 5.74) is 6.72. The number of anilines is 2. The van der Waals surface area contributed by atoms with Gasteiger partial charge in [-0.15, -0.1) is 0 Å². The number of rotatable bonds is 1. The third-order valence-corrected chi connectivity index (χ3v) is 3.49. The van der Waals surface area contributed by atoms with Gasteiger partial charge in [-0.25, -0.2) is 13.8 Å². The molecule has 3 rings (SSSR count). The first-order chi connectivity index (χ1) is 8.55. The Bertz CT molecular complexity index is 469. The summed E-state index contributed by atoms with van der Waals surface area (Å²) < 4.78 is 31.8. The Morgan fingerprint density at radius 3 is 2.78 bits per heavy atom. The molecule has 1 fully saturated rings. The first kappa shape index (κ1) is 11.5. The van der Waals surface area contributed by atoms with Crippen molar-refractivity contribution in [3.05, 3.63) is 11.6 Å². The number of nitrogen functional groups attached to an aromatic ring is 1. The average Bonchev–Trinajstić information content (AvgIpc) is 2.76. The molecule has 98 valence electrons. The highest BCUT2D eigenvalue weighted by molar-refractivity contribution is 5.60. The zero-order chi connectivity index (χ0) is 12.8. The van der Waals surface area contributed by atoms with Crippen LogP contribution in [0.1, 0.15) is 18.4 Å². The van der Waals surface area contributed by atoms with E-state index < -0.39 is 5.92 Å². The molecule has 0 aromatic carbocycles. The number of hydrogen-bond acceptors (Lipinski definition) is 4. The van der Waals surface area contributed by atoms with Gasteiger partial charge < -0.3 is 15.4 Å². The largest absolute Gasteiger partial charge is 0.493 e. The maximum absolute atomic E-state index is 13.2. The molecule has 6 heteroatoms. The van der Waals surface area contributed by atoms with Crippen molar-refractivity contribution in [2.45, 2.75) is 25.2 Å². The molecular weight excluding hydrogens is 240 g/mol. The van der Waals surface area contributed by atoms with Gasteiger partial charge in [0, 0.05) is 44.0 Å². The van der Waals surface area contributed by atoms with E-state index in [1.807, 2.05) is 4.90 Å². The Morgan fingerprint density at radius 1 is 1.33 bits per heavy atom. The van der Waals surface area contributed by atoms with Gasteiger partial charge in [-0.1, -0.05) is 0 Å². The number of halogens is 2. The molecule has 0 atom stereocenters. The first-order valence-corrected chi connectivity index (χ1v) is 6.10. The molecule has 0 saturated carbocycles. The predicted molar refractivity (Wildman–Crippen MR) is 64.2 cm³/mol. The van der Waals surface area contributed by atoms with Crippen LogP contribution in [-0.4, -0.2) is 30.6 Å². The molecular formula is C12H15F2N3O. The fourth-order valence-electron chi connectivity index (χ4n) is 2.49. The standard InChI is InChI=1S/C12H15F2N3O/c13-12(14)2-4-17(5-3-12)11-8-1-6-18-9(8)7-10(15)16-11/h7H,1-6H2,(H2,15,16). The van der Waals surface area contributed by atoms with E-state index in [4.69, 9.17) is 10.5 Å². The minimum atomic E-state index is -2.55. The number of alkyl halides is 2. The fourth-order valence-corrected chi connectivity index (χ4v) is 2.49. The number of pyridine rings is 1. The maximum atomic E-state index is 13.2. The van der Waals surface area contributed by atoms with Crippen molar-refractivity contribution in [3.63, 3.8) is 0 Å². The van der Waals surface area contributed by atoms with Crippen LogP contribution in [0.15, 0.2) is 6.07 Å². The van der Waals surface area contributed by atoms with E-state index in [0.717, 1.165) is 23.6 Å². The molecule has 2 N–H and O–H groups in total. The molecule has 18 heavy (non-hydrogen) atoms. The summed E-state index contributed by atoms with van der Waals surface area (Å²) in [5, 5.41) is 0. The lowest BCUT2D eigenvalue weighted by atomic mass is 10.1. The Kier molecular flexibility index (Phi) is 2.53. The van der Waals surface area contributed by atoms with Gasteiger partial charge in [-0.3, -0.25) is 0 Å². The summed E-state index contributed by atoms with van der Waals surface area (Å²) in [4.78, 5) is 6.19. The fraction of sp³-hybridized carbons (Fsp3) is 0.583. The summed E-state index contributed by atoms with van der Waals surface area (Å²) in [7, 11) is 0. The molecule has 3 heterocycles. The molecule has 1 aromatic rings. The SMILES string of the molecule is Nc1cc2c(c(N3CCC(F)(F)CC3)n1)CCO2. The first-order valence-electron chi connectivity index (χ1n) is 6.10. The molecule has 1 saturated heterocycles. The van der Waals surface area contributed by atoms with Crippen LogP contribution in [0.3, 0.4) is 0 Å². The predicted octanol–water partition coefficient (Wildman–Crippen LogP) is 1.83. The van der Waals surface area contributed by atoms with Gasteiger partial charge >= 0.3 is 0 Å². The normalized spacial score (nSPS) is 21.6. The van der Waals surface area contributed by atoms with Crippen molar-refractivity contribution in [3.8, 4) is 5.75 Å². The molecule has 1 aromatic heterocycles. The highest BCUT2D eigenvalue weighted by atomic mass is 19.3.